The Morgan fingerprint density at radius 3 is 2.39 bits per heavy atom. The van der Waals surface area contributed by atoms with Crippen LogP contribution in [0, 0.1) is 0 Å². The van der Waals surface area contributed by atoms with Gasteiger partial charge < -0.3 is 20.1 Å². The average Bonchev–Trinajstić information content (AvgIpc) is 3.55. The van der Waals surface area contributed by atoms with Crippen LogP contribution in [0.1, 0.15) is 33.5 Å². The molecule has 0 aromatic heterocycles. The highest BCUT2D eigenvalue weighted by atomic mass is 35.5. The van der Waals surface area contributed by atoms with E-state index in [2.05, 4.69) is 10.6 Å². The molecule has 3 aliphatic rings. The lowest BCUT2D eigenvalue weighted by Gasteiger charge is -2.37. The summed E-state index contributed by atoms with van der Waals surface area (Å²) >= 11 is 6.28. The van der Waals surface area contributed by atoms with Crippen molar-refractivity contribution < 1.29 is 29.0 Å². The van der Waals surface area contributed by atoms with Gasteiger partial charge in [-0.1, -0.05) is 35.9 Å². The van der Waals surface area contributed by atoms with Gasteiger partial charge in [0.05, 0.1) is 12.2 Å². The van der Waals surface area contributed by atoms with Crippen LogP contribution in [0.3, 0.4) is 0 Å². The predicted molar refractivity (Wildman–Crippen MR) is 151 cm³/mol. The third kappa shape index (κ3) is 4.63. The zero-order valence-electron chi connectivity index (χ0n) is 22.1. The Morgan fingerprint density at radius 2 is 1.73 bits per heavy atom. The number of halogens is 1. The zero-order valence-corrected chi connectivity index (χ0v) is 22.9. The van der Waals surface area contributed by atoms with Crippen LogP contribution in [0.5, 0.6) is 0 Å². The number of nitrogens with one attached hydrogen (secondary N) is 2. The minimum Gasteiger partial charge on any atom is -0.465 e. The maximum atomic E-state index is 14.4. The maximum absolute atomic E-state index is 14.4. The molecule has 1 aliphatic carbocycles. The molecular formula is C30H27ClN4O6. The first-order valence-corrected chi connectivity index (χ1v) is 13.5. The second-order valence-electron chi connectivity index (χ2n) is 10.7. The highest BCUT2D eigenvalue weighted by Gasteiger charge is 2.54. The van der Waals surface area contributed by atoms with E-state index in [1.54, 1.807) is 35.2 Å². The molecule has 1 fully saturated rings. The van der Waals surface area contributed by atoms with Crippen molar-refractivity contribution in [2.45, 2.75) is 30.4 Å². The first-order chi connectivity index (χ1) is 19.6. The molecule has 1 saturated heterocycles. The van der Waals surface area contributed by atoms with E-state index >= 15 is 0 Å². The molecule has 11 heteroatoms. The molecule has 2 aliphatic heterocycles. The van der Waals surface area contributed by atoms with Gasteiger partial charge in [0.2, 0.25) is 5.91 Å². The number of rotatable bonds is 4. The maximum Gasteiger partial charge on any atom is 0.412 e. The van der Waals surface area contributed by atoms with E-state index in [-0.39, 0.29) is 12.5 Å². The molecule has 10 nitrogen and oxygen atoms in total. The van der Waals surface area contributed by atoms with Crippen LogP contribution < -0.4 is 15.5 Å². The Bertz CT molecular complexity index is 1570. The summed E-state index contributed by atoms with van der Waals surface area (Å²) in [5.74, 6) is -0.714. The van der Waals surface area contributed by atoms with E-state index in [1.807, 2.05) is 24.3 Å². The van der Waals surface area contributed by atoms with Gasteiger partial charge >= 0.3 is 12.2 Å². The van der Waals surface area contributed by atoms with Gasteiger partial charge in [-0.05, 0) is 53.6 Å². The summed E-state index contributed by atoms with van der Waals surface area (Å²) in [6.45, 7) is 0.443. The number of likely N-dealkylation sites (tertiary alicyclic amines) is 1. The molecule has 0 radical (unpaired) electrons. The van der Waals surface area contributed by atoms with Crippen molar-refractivity contribution in [2.24, 2.45) is 0 Å². The normalized spacial score (nSPS) is 20.0. The number of anilines is 2. The van der Waals surface area contributed by atoms with Crippen LogP contribution in [-0.2, 0) is 28.0 Å². The van der Waals surface area contributed by atoms with Gasteiger partial charge in [-0.15, -0.1) is 0 Å². The van der Waals surface area contributed by atoms with Crippen molar-refractivity contribution in [1.29, 1.82) is 0 Å². The Morgan fingerprint density at radius 1 is 1.05 bits per heavy atom. The number of nitrogens with zero attached hydrogens (tertiary/aromatic N) is 2. The number of carbonyl (C=O) groups is 4. The molecule has 4 amide bonds. The van der Waals surface area contributed by atoms with Crippen molar-refractivity contribution >= 4 is 47.0 Å². The van der Waals surface area contributed by atoms with Crippen molar-refractivity contribution in [1.82, 2.24) is 10.2 Å². The molecule has 210 valence electrons. The molecule has 0 bridgehead atoms. The first-order valence-electron chi connectivity index (χ1n) is 13.1. The fraction of sp³-hybridized carbons (Fsp3) is 0.267. The van der Waals surface area contributed by atoms with Crippen LogP contribution in [0.25, 0.3) is 0 Å². The number of hydrogen-bond donors (Lipinski definition) is 3. The second kappa shape index (κ2) is 9.81. The molecule has 1 spiro atoms. The number of carbonyl (C=O) groups excluding carboxylic acids is 3. The molecular weight excluding hydrogens is 548 g/mol. The van der Waals surface area contributed by atoms with Gasteiger partial charge in [0.1, 0.15) is 5.54 Å². The number of fused-ring (bicyclic) bond motifs is 3. The van der Waals surface area contributed by atoms with Gasteiger partial charge in [-0.2, -0.15) is 0 Å². The van der Waals surface area contributed by atoms with E-state index in [1.165, 1.54) is 19.2 Å². The molecule has 3 aromatic rings. The molecule has 3 N–H and O–H groups in total. The molecule has 6 rings (SSSR count). The summed E-state index contributed by atoms with van der Waals surface area (Å²) in [4.78, 5) is 54.3. The third-order valence-corrected chi connectivity index (χ3v) is 8.42. The van der Waals surface area contributed by atoms with Crippen LogP contribution in [0.4, 0.5) is 21.0 Å². The third-order valence-electron chi connectivity index (χ3n) is 8.19. The Kier molecular flexibility index (Phi) is 6.37. The van der Waals surface area contributed by atoms with Crippen LogP contribution in [-0.4, -0.2) is 59.7 Å². The van der Waals surface area contributed by atoms with Crippen molar-refractivity contribution in [3.63, 3.8) is 0 Å². The van der Waals surface area contributed by atoms with Gasteiger partial charge in [-0.3, -0.25) is 19.8 Å². The minimum atomic E-state index is -1.25. The lowest BCUT2D eigenvalue weighted by Crippen LogP contribution is -2.60. The summed E-state index contributed by atoms with van der Waals surface area (Å²) in [7, 11) is 1.41. The summed E-state index contributed by atoms with van der Waals surface area (Å²) in [6, 6.07) is 19.0. The van der Waals surface area contributed by atoms with Gasteiger partial charge in [0, 0.05) is 54.7 Å². The van der Waals surface area contributed by atoms with E-state index in [0.717, 1.165) is 16.0 Å². The summed E-state index contributed by atoms with van der Waals surface area (Å²) in [5, 5.41) is 15.5. The number of carboxylic acid groups (broad SMARTS) is 1. The molecule has 2 heterocycles. The Balaban J connectivity index is 1.29. The molecule has 1 unspecified atom stereocenters. The fourth-order valence-corrected chi connectivity index (χ4v) is 6.25. The molecule has 1 atom stereocenters. The van der Waals surface area contributed by atoms with Crippen molar-refractivity contribution in [3.8, 4) is 0 Å². The van der Waals surface area contributed by atoms with Crippen LogP contribution in [0.2, 0.25) is 5.02 Å². The summed E-state index contributed by atoms with van der Waals surface area (Å²) in [6.07, 6.45) is -0.720. The topological polar surface area (TPSA) is 128 Å². The zero-order chi connectivity index (χ0) is 28.9. The second-order valence-corrected chi connectivity index (χ2v) is 11.2. The summed E-state index contributed by atoms with van der Waals surface area (Å²) < 4.78 is 5.82. The van der Waals surface area contributed by atoms with Gasteiger partial charge in [0.15, 0.2) is 5.60 Å². The van der Waals surface area contributed by atoms with Crippen LogP contribution in [0.15, 0.2) is 66.7 Å². The van der Waals surface area contributed by atoms with E-state index in [9.17, 15) is 24.3 Å². The smallest absolute Gasteiger partial charge is 0.412 e. The van der Waals surface area contributed by atoms with E-state index < -0.39 is 29.2 Å². The van der Waals surface area contributed by atoms with Gasteiger partial charge in [0.25, 0.3) is 5.91 Å². The average molecular weight is 575 g/mol. The molecule has 41 heavy (non-hydrogen) atoms. The molecule has 0 saturated carbocycles. The lowest BCUT2D eigenvalue weighted by atomic mass is 9.89. The largest absolute Gasteiger partial charge is 0.465 e. The number of hydrogen-bond acceptors (Lipinski definition) is 5. The Hall–Kier alpha value is -4.57. The minimum absolute atomic E-state index is 0.122. The first kappa shape index (κ1) is 26.6. The monoisotopic (exact) mass is 574 g/mol. The van der Waals surface area contributed by atoms with Crippen LogP contribution >= 0.6 is 11.6 Å². The fourth-order valence-electron chi connectivity index (χ4n) is 6.08. The van der Waals surface area contributed by atoms with E-state index in [0.29, 0.717) is 53.3 Å². The van der Waals surface area contributed by atoms with Crippen molar-refractivity contribution in [3.05, 3.63) is 94.0 Å². The van der Waals surface area contributed by atoms with Gasteiger partial charge in [-0.25, -0.2) is 9.59 Å². The quantitative estimate of drug-likeness (QED) is 0.423. The Labute approximate surface area is 240 Å². The highest BCUT2D eigenvalue weighted by Crippen LogP contribution is 2.45. The number of ether oxygens (including phenoxy) is 1. The summed E-state index contributed by atoms with van der Waals surface area (Å²) in [5.41, 5.74) is 1.64. The highest BCUT2D eigenvalue weighted by molar-refractivity contribution is 6.30. The number of benzene rings is 3. The SMILES string of the molecule is CN(C(=O)O)c1ccc(C(=O)NC2(C(=O)N3CCC4(C3)OC(=O)Nc3ccc(Cl)cc34)Cc3ccccc3C2)cc1. The predicted octanol–water partition coefficient (Wildman–Crippen LogP) is 4.41. The van der Waals surface area contributed by atoms with E-state index in [4.69, 9.17) is 16.3 Å². The lowest BCUT2D eigenvalue weighted by molar-refractivity contribution is -0.137. The standard InChI is InChI=1S/C30H27ClN4O6/c1-34(28(39)40)22-9-6-18(7-10-22)25(36)33-29(15-19-4-2-3-5-20(19)16-29)26(37)35-13-12-30(17-35)23-14-21(31)8-11-24(23)32-27(38)41-30/h2-11,14H,12-13,15-17H2,1H3,(H,32,38)(H,33,36)(H,39,40). The van der Waals surface area contributed by atoms with Crippen molar-refractivity contribution in [2.75, 3.05) is 30.4 Å². The molecule has 3 aromatic carbocycles. The number of amides is 4.